The molecule has 0 aliphatic carbocycles. The Balaban J connectivity index is 2.41. The molecule has 0 radical (unpaired) electrons. The Morgan fingerprint density at radius 3 is 2.47 bits per heavy atom. The molecule has 1 aromatic rings. The Morgan fingerprint density at radius 1 is 1.21 bits per heavy atom. The Bertz CT molecular complexity index is 529. The molecule has 1 aromatic carbocycles. The minimum atomic E-state index is -0.436. The van der Waals surface area contributed by atoms with Crippen LogP contribution in [0.15, 0.2) is 18.2 Å². The molecule has 0 unspecified atom stereocenters. The van der Waals surface area contributed by atoms with Gasteiger partial charge in [0.2, 0.25) is 0 Å². The number of Topliss-reactive ketones (excluding diaryl/α,β-unsaturated/α-hetero) is 1. The lowest BCUT2D eigenvalue weighted by Gasteiger charge is -2.21. The molecule has 102 valence electrons. The number of hydrogen-bond donors (Lipinski definition) is 1. The predicted molar refractivity (Wildman–Crippen MR) is 75.5 cm³/mol. The van der Waals surface area contributed by atoms with Crippen molar-refractivity contribution in [3.63, 3.8) is 0 Å². The number of carbonyl (C=O) groups excluding carboxylic acids is 2. The average Bonchev–Trinajstić information content (AvgIpc) is 2.59. The van der Waals surface area contributed by atoms with E-state index in [4.69, 9.17) is 5.73 Å². The predicted octanol–water partition coefficient (Wildman–Crippen LogP) is 1.86. The fourth-order valence-electron chi connectivity index (χ4n) is 2.24. The molecule has 1 aliphatic rings. The van der Waals surface area contributed by atoms with Crippen LogP contribution in [0.2, 0.25) is 0 Å². The number of ketones is 1. The maximum atomic E-state index is 12.0. The summed E-state index contributed by atoms with van der Waals surface area (Å²) in [6, 6.07) is 5.70. The van der Waals surface area contributed by atoms with Gasteiger partial charge in [-0.3, -0.25) is 9.59 Å². The van der Waals surface area contributed by atoms with E-state index in [1.807, 2.05) is 18.2 Å². The first kappa shape index (κ1) is 13.7. The lowest BCUT2D eigenvalue weighted by Crippen LogP contribution is -2.31. The summed E-state index contributed by atoms with van der Waals surface area (Å²) in [5.74, 6) is -0.840. The molecule has 19 heavy (non-hydrogen) atoms. The molecule has 0 spiro atoms. The fraction of sp³-hybridized carbons (Fsp3) is 0.467. The van der Waals surface area contributed by atoms with Crippen LogP contribution in [0.4, 0.5) is 5.69 Å². The second-order valence-electron chi connectivity index (χ2n) is 5.91. The molecule has 2 rings (SSSR count). The molecule has 1 heterocycles. The molecule has 1 amide bonds. The second-order valence-corrected chi connectivity index (χ2v) is 5.91. The van der Waals surface area contributed by atoms with Crippen molar-refractivity contribution in [3.8, 4) is 0 Å². The fourth-order valence-corrected chi connectivity index (χ4v) is 2.24. The number of fused-ring (bicyclic) bond motifs is 1. The molecule has 4 heteroatoms. The summed E-state index contributed by atoms with van der Waals surface area (Å²) in [4.78, 5) is 25.5. The van der Waals surface area contributed by atoms with Crippen molar-refractivity contribution in [2.45, 2.75) is 32.6 Å². The highest BCUT2D eigenvalue weighted by molar-refractivity contribution is 6.52. The number of nitrogens with zero attached hydrogens (tertiary/aromatic N) is 1. The van der Waals surface area contributed by atoms with Gasteiger partial charge in [-0.05, 0) is 36.1 Å². The van der Waals surface area contributed by atoms with Crippen LogP contribution in [0.3, 0.4) is 0 Å². The molecule has 4 nitrogen and oxygen atoms in total. The highest BCUT2D eigenvalue weighted by Crippen LogP contribution is 2.33. The Labute approximate surface area is 113 Å². The van der Waals surface area contributed by atoms with Gasteiger partial charge in [-0.2, -0.15) is 0 Å². The monoisotopic (exact) mass is 260 g/mol. The van der Waals surface area contributed by atoms with Crippen molar-refractivity contribution in [3.05, 3.63) is 29.3 Å². The average molecular weight is 260 g/mol. The summed E-state index contributed by atoms with van der Waals surface area (Å²) >= 11 is 0. The lowest BCUT2D eigenvalue weighted by molar-refractivity contribution is -0.114. The summed E-state index contributed by atoms with van der Waals surface area (Å²) in [5.41, 5.74) is 7.73. The third-order valence-electron chi connectivity index (χ3n) is 3.42. The van der Waals surface area contributed by atoms with Crippen LogP contribution in [0.1, 0.15) is 43.1 Å². The molecule has 0 fully saturated rings. The van der Waals surface area contributed by atoms with Crippen molar-refractivity contribution in [2.75, 3.05) is 18.0 Å². The summed E-state index contributed by atoms with van der Waals surface area (Å²) in [7, 11) is 0. The normalized spacial score (nSPS) is 15.1. The van der Waals surface area contributed by atoms with Crippen molar-refractivity contribution in [1.82, 2.24) is 0 Å². The first-order chi connectivity index (χ1) is 8.86. The van der Waals surface area contributed by atoms with E-state index in [1.165, 1.54) is 4.90 Å². The van der Waals surface area contributed by atoms with Gasteiger partial charge in [0.15, 0.2) is 0 Å². The third-order valence-corrected chi connectivity index (χ3v) is 3.42. The number of nitrogens with two attached hydrogens (primary N) is 1. The largest absolute Gasteiger partial charge is 0.330 e. The molecule has 2 N–H and O–H groups in total. The van der Waals surface area contributed by atoms with Gasteiger partial charge in [-0.25, -0.2) is 0 Å². The minimum absolute atomic E-state index is 0.0387. The highest BCUT2D eigenvalue weighted by atomic mass is 16.2. The zero-order chi connectivity index (χ0) is 14.2. The van der Waals surface area contributed by atoms with E-state index in [-0.39, 0.29) is 5.41 Å². The van der Waals surface area contributed by atoms with Gasteiger partial charge in [0.05, 0.1) is 11.3 Å². The molecule has 0 aromatic heterocycles. The van der Waals surface area contributed by atoms with Crippen LogP contribution in [0.5, 0.6) is 0 Å². The SMILES string of the molecule is CC(C)(C)c1ccc2c(c1)C(=O)C(=O)N2CCCN. The highest BCUT2D eigenvalue weighted by Gasteiger charge is 2.36. The minimum Gasteiger partial charge on any atom is -0.330 e. The number of amides is 1. The number of carbonyl (C=O) groups is 2. The van der Waals surface area contributed by atoms with Gasteiger partial charge in [0.1, 0.15) is 0 Å². The summed E-state index contributed by atoms with van der Waals surface area (Å²) < 4.78 is 0. The van der Waals surface area contributed by atoms with Crippen LogP contribution >= 0.6 is 0 Å². The Kier molecular flexibility index (Phi) is 3.45. The number of rotatable bonds is 3. The van der Waals surface area contributed by atoms with E-state index in [0.29, 0.717) is 25.1 Å². The van der Waals surface area contributed by atoms with Crippen molar-refractivity contribution >= 4 is 17.4 Å². The maximum Gasteiger partial charge on any atom is 0.299 e. The van der Waals surface area contributed by atoms with E-state index in [0.717, 1.165) is 11.3 Å². The molecular weight excluding hydrogens is 240 g/mol. The summed E-state index contributed by atoms with van der Waals surface area (Å²) in [5, 5.41) is 0. The smallest absolute Gasteiger partial charge is 0.299 e. The van der Waals surface area contributed by atoms with E-state index in [1.54, 1.807) is 0 Å². The molecule has 0 saturated carbocycles. The van der Waals surface area contributed by atoms with E-state index in [2.05, 4.69) is 20.8 Å². The van der Waals surface area contributed by atoms with Crippen molar-refractivity contribution in [2.24, 2.45) is 5.73 Å². The molecule has 0 saturated heterocycles. The van der Waals surface area contributed by atoms with Crippen LogP contribution in [0.25, 0.3) is 0 Å². The quantitative estimate of drug-likeness (QED) is 0.844. The number of benzene rings is 1. The van der Waals surface area contributed by atoms with Crippen LogP contribution in [0, 0.1) is 0 Å². The van der Waals surface area contributed by atoms with Crippen molar-refractivity contribution < 1.29 is 9.59 Å². The molecule has 0 atom stereocenters. The van der Waals surface area contributed by atoms with Gasteiger partial charge < -0.3 is 10.6 Å². The lowest BCUT2D eigenvalue weighted by atomic mass is 9.86. The molecule has 0 bridgehead atoms. The van der Waals surface area contributed by atoms with Crippen molar-refractivity contribution in [1.29, 1.82) is 0 Å². The third kappa shape index (κ3) is 2.40. The van der Waals surface area contributed by atoms with Gasteiger partial charge >= 0.3 is 0 Å². The maximum absolute atomic E-state index is 12.0. The van der Waals surface area contributed by atoms with Crippen LogP contribution < -0.4 is 10.6 Å². The summed E-state index contributed by atoms with van der Waals surface area (Å²) in [6.45, 7) is 7.27. The van der Waals surface area contributed by atoms with E-state index >= 15 is 0 Å². The molecular formula is C15H20N2O2. The standard InChI is InChI=1S/C15H20N2O2/c1-15(2,3)10-5-6-12-11(9-10)13(18)14(19)17(12)8-4-7-16/h5-6,9H,4,7-8,16H2,1-3H3. The number of hydrogen-bond acceptors (Lipinski definition) is 3. The first-order valence-electron chi connectivity index (χ1n) is 6.57. The first-order valence-corrected chi connectivity index (χ1v) is 6.57. The van der Waals surface area contributed by atoms with Gasteiger partial charge in [0.25, 0.3) is 11.7 Å². The van der Waals surface area contributed by atoms with Crippen LogP contribution in [-0.2, 0) is 10.2 Å². The van der Waals surface area contributed by atoms with Gasteiger partial charge in [-0.15, -0.1) is 0 Å². The van der Waals surface area contributed by atoms with Gasteiger partial charge in [0, 0.05) is 6.54 Å². The second kappa shape index (κ2) is 4.78. The Hall–Kier alpha value is -1.68. The van der Waals surface area contributed by atoms with Crippen LogP contribution in [-0.4, -0.2) is 24.8 Å². The zero-order valence-electron chi connectivity index (χ0n) is 11.7. The van der Waals surface area contributed by atoms with E-state index < -0.39 is 11.7 Å². The zero-order valence-corrected chi connectivity index (χ0v) is 11.7. The van der Waals surface area contributed by atoms with E-state index in [9.17, 15) is 9.59 Å². The molecule has 1 aliphatic heterocycles. The Morgan fingerprint density at radius 2 is 1.89 bits per heavy atom. The topological polar surface area (TPSA) is 63.4 Å². The van der Waals surface area contributed by atoms with Gasteiger partial charge in [-0.1, -0.05) is 26.8 Å². The number of anilines is 1. The summed E-state index contributed by atoms with van der Waals surface area (Å²) in [6.07, 6.45) is 0.694.